The van der Waals surface area contributed by atoms with Crippen LogP contribution >= 0.6 is 12.4 Å². The van der Waals surface area contributed by atoms with Gasteiger partial charge in [0.05, 0.1) is 0 Å². The second kappa shape index (κ2) is 4.43. The zero-order valence-corrected chi connectivity index (χ0v) is 7.89. The van der Waals surface area contributed by atoms with Crippen LogP contribution in [0.15, 0.2) is 9.21 Å². The number of hydrogen-bond donors (Lipinski definition) is 2. The summed E-state index contributed by atoms with van der Waals surface area (Å²) in [5.74, 6) is 0.412. The molecule has 0 radical (unpaired) electrons. The first-order valence-electron chi connectivity index (χ1n) is 4.12. The molecule has 1 aromatic heterocycles. The minimum Gasteiger partial charge on any atom is -0.392 e. The van der Waals surface area contributed by atoms with Crippen molar-refractivity contribution in [2.75, 3.05) is 13.1 Å². The monoisotopic (exact) mass is 205 g/mol. The lowest BCUT2D eigenvalue weighted by Gasteiger charge is -2.18. The number of H-pyrrole nitrogens is 1. The van der Waals surface area contributed by atoms with Crippen LogP contribution in [0, 0.1) is 0 Å². The maximum atomic E-state index is 10.6. The van der Waals surface area contributed by atoms with Crippen molar-refractivity contribution in [3.8, 4) is 0 Å². The van der Waals surface area contributed by atoms with E-state index in [2.05, 4.69) is 15.5 Å². The lowest BCUT2D eigenvalue weighted by molar-refractivity contribution is 0.363. The Kier molecular flexibility index (Phi) is 3.50. The third-order valence-electron chi connectivity index (χ3n) is 2.14. The summed E-state index contributed by atoms with van der Waals surface area (Å²) in [5, 5.41) is 9.31. The first-order valence-corrected chi connectivity index (χ1v) is 4.12. The van der Waals surface area contributed by atoms with Crippen LogP contribution < -0.4 is 11.1 Å². The van der Waals surface area contributed by atoms with E-state index in [4.69, 9.17) is 4.42 Å². The standard InChI is InChI=1S/C7H11N3O2.ClH/c11-7-10-9-6(12-7)5-1-3-8-4-2-5;/h5,8H,1-4H2,(H,10,11);1H. The van der Waals surface area contributed by atoms with Gasteiger partial charge in [-0.2, -0.15) is 0 Å². The van der Waals surface area contributed by atoms with Crippen molar-refractivity contribution in [3.63, 3.8) is 0 Å². The summed E-state index contributed by atoms with van der Waals surface area (Å²) in [5.41, 5.74) is 0. The fourth-order valence-corrected chi connectivity index (χ4v) is 1.48. The van der Waals surface area contributed by atoms with Gasteiger partial charge in [0.1, 0.15) is 0 Å². The number of halogens is 1. The maximum Gasteiger partial charge on any atom is 0.434 e. The topological polar surface area (TPSA) is 70.9 Å². The molecule has 0 spiro atoms. The zero-order valence-electron chi connectivity index (χ0n) is 7.08. The van der Waals surface area contributed by atoms with Gasteiger partial charge < -0.3 is 9.73 Å². The van der Waals surface area contributed by atoms with Gasteiger partial charge in [-0.25, -0.2) is 9.89 Å². The molecule has 1 aliphatic heterocycles. The van der Waals surface area contributed by atoms with Crippen LogP contribution in [-0.2, 0) is 0 Å². The number of aromatic nitrogens is 2. The average Bonchev–Trinajstić information content (AvgIpc) is 2.54. The van der Waals surface area contributed by atoms with Gasteiger partial charge in [0.25, 0.3) is 0 Å². The number of hydrogen-bond acceptors (Lipinski definition) is 4. The summed E-state index contributed by atoms with van der Waals surface area (Å²) in [4.78, 5) is 10.6. The first kappa shape index (κ1) is 10.3. The van der Waals surface area contributed by atoms with Crippen molar-refractivity contribution in [2.45, 2.75) is 18.8 Å². The second-order valence-electron chi connectivity index (χ2n) is 2.98. The van der Waals surface area contributed by atoms with Crippen molar-refractivity contribution in [3.05, 3.63) is 16.4 Å². The fraction of sp³-hybridized carbons (Fsp3) is 0.714. The fourth-order valence-electron chi connectivity index (χ4n) is 1.48. The Bertz CT molecular complexity index is 303. The number of aromatic amines is 1. The third kappa shape index (κ3) is 2.32. The molecular weight excluding hydrogens is 194 g/mol. The van der Waals surface area contributed by atoms with E-state index >= 15 is 0 Å². The van der Waals surface area contributed by atoms with Crippen LogP contribution in [0.5, 0.6) is 0 Å². The molecule has 0 saturated carbocycles. The van der Waals surface area contributed by atoms with Crippen LogP contribution in [0.1, 0.15) is 24.7 Å². The normalized spacial score (nSPS) is 18.2. The molecule has 2 heterocycles. The van der Waals surface area contributed by atoms with Gasteiger partial charge in [0.2, 0.25) is 5.89 Å². The smallest absolute Gasteiger partial charge is 0.392 e. The number of nitrogens with one attached hydrogen (secondary N) is 2. The van der Waals surface area contributed by atoms with Crippen LogP contribution in [0.2, 0.25) is 0 Å². The van der Waals surface area contributed by atoms with Gasteiger partial charge >= 0.3 is 5.76 Å². The molecule has 0 unspecified atom stereocenters. The summed E-state index contributed by atoms with van der Waals surface area (Å²) in [6.45, 7) is 1.95. The van der Waals surface area contributed by atoms with E-state index in [1.807, 2.05) is 0 Å². The Labute approximate surface area is 81.3 Å². The Hall–Kier alpha value is -0.810. The van der Waals surface area contributed by atoms with E-state index in [9.17, 15) is 4.79 Å². The van der Waals surface area contributed by atoms with Gasteiger partial charge in [0, 0.05) is 5.92 Å². The number of piperidine rings is 1. The summed E-state index contributed by atoms with van der Waals surface area (Å²) in [6.07, 6.45) is 1.99. The van der Waals surface area contributed by atoms with Crippen LogP contribution in [0.25, 0.3) is 0 Å². The Morgan fingerprint density at radius 1 is 1.38 bits per heavy atom. The number of nitrogens with zero attached hydrogens (tertiary/aromatic N) is 1. The third-order valence-corrected chi connectivity index (χ3v) is 2.14. The van der Waals surface area contributed by atoms with Crippen LogP contribution in [0.4, 0.5) is 0 Å². The van der Waals surface area contributed by atoms with Crippen LogP contribution in [0.3, 0.4) is 0 Å². The maximum absolute atomic E-state index is 10.6. The molecule has 1 saturated heterocycles. The molecule has 13 heavy (non-hydrogen) atoms. The van der Waals surface area contributed by atoms with Gasteiger partial charge in [-0.3, -0.25) is 0 Å². The van der Waals surface area contributed by atoms with Crippen molar-refractivity contribution in [1.82, 2.24) is 15.5 Å². The SMILES string of the molecule is Cl.O=c1[nH]nc(C2CCNCC2)o1. The molecule has 0 bridgehead atoms. The summed E-state index contributed by atoms with van der Waals surface area (Å²) in [7, 11) is 0. The highest BCUT2D eigenvalue weighted by molar-refractivity contribution is 5.85. The average molecular weight is 206 g/mol. The second-order valence-corrected chi connectivity index (χ2v) is 2.98. The van der Waals surface area contributed by atoms with Gasteiger partial charge in [-0.05, 0) is 25.9 Å². The molecule has 0 aromatic carbocycles. The molecule has 0 aliphatic carbocycles. The molecule has 5 nitrogen and oxygen atoms in total. The molecule has 1 aromatic rings. The predicted octanol–water partition coefficient (Wildman–Crippen LogP) is 0.252. The first-order chi connectivity index (χ1) is 5.86. The summed E-state index contributed by atoms with van der Waals surface area (Å²) in [6, 6.07) is 0. The van der Waals surface area contributed by atoms with E-state index in [1.165, 1.54) is 0 Å². The van der Waals surface area contributed by atoms with E-state index in [0.29, 0.717) is 11.8 Å². The van der Waals surface area contributed by atoms with Gasteiger partial charge in [0.15, 0.2) is 0 Å². The molecule has 2 N–H and O–H groups in total. The predicted molar refractivity (Wildman–Crippen MR) is 49.2 cm³/mol. The Morgan fingerprint density at radius 2 is 2.08 bits per heavy atom. The van der Waals surface area contributed by atoms with Gasteiger partial charge in [-0.15, -0.1) is 17.5 Å². The Morgan fingerprint density at radius 3 is 2.62 bits per heavy atom. The molecule has 1 fully saturated rings. The molecule has 0 atom stereocenters. The van der Waals surface area contributed by atoms with Crippen molar-refractivity contribution >= 4 is 12.4 Å². The van der Waals surface area contributed by atoms with Crippen molar-refractivity contribution < 1.29 is 4.42 Å². The molecule has 2 rings (SSSR count). The largest absolute Gasteiger partial charge is 0.434 e. The van der Waals surface area contributed by atoms with Crippen molar-refractivity contribution in [2.24, 2.45) is 0 Å². The molecule has 6 heteroatoms. The minimum atomic E-state index is -0.455. The molecule has 74 valence electrons. The number of rotatable bonds is 1. The lowest BCUT2D eigenvalue weighted by Crippen LogP contribution is -2.26. The Balaban J connectivity index is 0.000000845. The molecule has 1 aliphatic rings. The van der Waals surface area contributed by atoms with E-state index in [0.717, 1.165) is 25.9 Å². The zero-order chi connectivity index (χ0) is 8.39. The highest BCUT2D eigenvalue weighted by Gasteiger charge is 2.19. The highest BCUT2D eigenvalue weighted by Crippen LogP contribution is 2.21. The van der Waals surface area contributed by atoms with Crippen LogP contribution in [-0.4, -0.2) is 23.3 Å². The van der Waals surface area contributed by atoms with Crippen molar-refractivity contribution in [1.29, 1.82) is 0 Å². The summed E-state index contributed by atoms with van der Waals surface area (Å²) >= 11 is 0. The van der Waals surface area contributed by atoms with E-state index in [1.54, 1.807) is 0 Å². The van der Waals surface area contributed by atoms with E-state index in [-0.39, 0.29) is 12.4 Å². The van der Waals surface area contributed by atoms with Gasteiger partial charge in [-0.1, -0.05) is 0 Å². The highest BCUT2D eigenvalue weighted by atomic mass is 35.5. The minimum absolute atomic E-state index is 0. The molecular formula is C7H12ClN3O2. The molecule has 0 amide bonds. The quantitative estimate of drug-likeness (QED) is 0.690. The summed E-state index contributed by atoms with van der Waals surface area (Å²) < 4.78 is 4.87. The lowest BCUT2D eigenvalue weighted by atomic mass is 9.98. The van der Waals surface area contributed by atoms with E-state index < -0.39 is 5.76 Å².